The maximum absolute atomic E-state index is 12.4. The summed E-state index contributed by atoms with van der Waals surface area (Å²) < 4.78 is 34.8. The number of hydrogen-bond donors (Lipinski definition) is 2. The number of hydrogen-bond acceptors (Lipinski definition) is 5. The van der Waals surface area contributed by atoms with Crippen molar-refractivity contribution >= 4 is 17.5 Å². The maximum Gasteiger partial charge on any atom is 0.490 e. The first-order chi connectivity index (χ1) is 14.4. The Hall–Kier alpha value is -3.90. The van der Waals surface area contributed by atoms with Crippen LogP contribution in [0.15, 0.2) is 46.4 Å². The van der Waals surface area contributed by atoms with E-state index in [0.29, 0.717) is 12.1 Å². The number of carbonyl (C=O) groups is 2. The number of aryl methyl sites for hydroxylation is 1. The number of imidazole rings is 1. The molecule has 31 heavy (non-hydrogen) atoms. The Morgan fingerprint density at radius 1 is 1.26 bits per heavy atom. The second kappa shape index (κ2) is 9.28. The first-order valence-electron chi connectivity index (χ1n) is 8.65. The summed E-state index contributed by atoms with van der Waals surface area (Å²) in [5.41, 5.74) is 1.02. The van der Waals surface area contributed by atoms with Gasteiger partial charge in [-0.1, -0.05) is 6.07 Å². The van der Waals surface area contributed by atoms with Gasteiger partial charge < -0.3 is 14.4 Å². The van der Waals surface area contributed by atoms with Crippen LogP contribution in [0.5, 0.6) is 0 Å². The van der Waals surface area contributed by atoms with E-state index in [0.717, 1.165) is 11.3 Å². The monoisotopic (exact) mass is 441 g/mol. The molecule has 0 fully saturated rings. The molecule has 13 heteroatoms. The Morgan fingerprint density at radius 3 is 2.52 bits per heavy atom. The first kappa shape index (κ1) is 23.4. The van der Waals surface area contributed by atoms with Crippen LogP contribution in [0.4, 0.5) is 13.2 Å². The normalized spacial score (nSPS) is 11.0. The lowest BCUT2D eigenvalue weighted by Crippen LogP contribution is -2.37. The molecule has 0 saturated heterocycles. The number of fused-ring (bicyclic) bond motifs is 1. The highest BCUT2D eigenvalue weighted by Gasteiger charge is 2.38. The predicted molar refractivity (Wildman–Crippen MR) is 101 cm³/mol. The van der Waals surface area contributed by atoms with Crippen LogP contribution in [0, 0.1) is 6.92 Å². The van der Waals surface area contributed by atoms with Gasteiger partial charge in [-0.15, -0.1) is 0 Å². The zero-order chi connectivity index (χ0) is 23.3. The van der Waals surface area contributed by atoms with Crippen LogP contribution < -0.4 is 11.2 Å². The third-order valence-corrected chi connectivity index (χ3v) is 4.06. The molecule has 0 aliphatic heterocycles. The number of aliphatic carboxylic acids is 1. The maximum atomic E-state index is 12.4. The van der Waals surface area contributed by atoms with Crippen molar-refractivity contribution < 1.29 is 27.9 Å². The largest absolute Gasteiger partial charge is 0.490 e. The number of aromatic amines is 1. The Morgan fingerprint density at radius 2 is 1.90 bits per heavy atom. The minimum Gasteiger partial charge on any atom is -0.475 e. The van der Waals surface area contributed by atoms with Gasteiger partial charge in [0, 0.05) is 25.0 Å². The van der Waals surface area contributed by atoms with E-state index in [9.17, 15) is 27.6 Å². The fourth-order valence-electron chi connectivity index (χ4n) is 2.44. The van der Waals surface area contributed by atoms with E-state index in [1.165, 1.54) is 15.7 Å². The molecule has 3 aromatic rings. The molecule has 1 amide bonds. The number of carboxylic acids is 1. The molecular weight excluding hydrogens is 423 g/mol. The van der Waals surface area contributed by atoms with Crippen LogP contribution in [0.2, 0.25) is 0 Å². The van der Waals surface area contributed by atoms with E-state index in [1.54, 1.807) is 20.2 Å². The summed E-state index contributed by atoms with van der Waals surface area (Å²) in [5, 5.41) is 7.12. The summed E-state index contributed by atoms with van der Waals surface area (Å²) in [6, 6.07) is 5.67. The number of carboxylic acid groups (broad SMARTS) is 1. The first-order valence-corrected chi connectivity index (χ1v) is 8.65. The zero-order valence-corrected chi connectivity index (χ0v) is 16.4. The zero-order valence-electron chi connectivity index (χ0n) is 16.4. The van der Waals surface area contributed by atoms with Crippen LogP contribution in [0.25, 0.3) is 5.65 Å². The number of nitrogens with one attached hydrogen (secondary N) is 1. The van der Waals surface area contributed by atoms with Crippen molar-refractivity contribution in [3.8, 4) is 0 Å². The molecule has 0 radical (unpaired) electrons. The summed E-state index contributed by atoms with van der Waals surface area (Å²) in [4.78, 5) is 52.4. The van der Waals surface area contributed by atoms with Crippen LogP contribution in [0.3, 0.4) is 0 Å². The molecule has 3 rings (SSSR count). The van der Waals surface area contributed by atoms with Gasteiger partial charge >= 0.3 is 17.8 Å². The number of H-pyrrole nitrogens is 1. The Balaban J connectivity index is 0.000000423. The van der Waals surface area contributed by atoms with Crippen LogP contribution in [0.1, 0.15) is 11.3 Å². The molecule has 3 aromatic heterocycles. The smallest absolute Gasteiger partial charge is 0.475 e. The van der Waals surface area contributed by atoms with Crippen molar-refractivity contribution in [1.29, 1.82) is 0 Å². The summed E-state index contributed by atoms with van der Waals surface area (Å²) in [7, 11) is 1.66. The van der Waals surface area contributed by atoms with Gasteiger partial charge in [-0.2, -0.15) is 13.2 Å². The molecule has 3 heterocycles. The summed E-state index contributed by atoms with van der Waals surface area (Å²) in [6.45, 7) is 1.81. The number of alkyl halides is 3. The minimum absolute atomic E-state index is 0.135. The average molecular weight is 441 g/mol. The third-order valence-electron chi connectivity index (χ3n) is 4.06. The Kier molecular flexibility index (Phi) is 7.00. The summed E-state index contributed by atoms with van der Waals surface area (Å²) in [6.07, 6.45) is -0.0949. The van der Waals surface area contributed by atoms with E-state index in [-0.39, 0.29) is 12.5 Å². The van der Waals surface area contributed by atoms with Crippen molar-refractivity contribution in [3.05, 3.63) is 68.9 Å². The van der Waals surface area contributed by atoms with E-state index < -0.39 is 23.4 Å². The van der Waals surface area contributed by atoms with E-state index in [2.05, 4.69) is 9.97 Å². The quantitative estimate of drug-likeness (QED) is 0.616. The molecule has 0 spiro atoms. The number of carbonyl (C=O) groups excluding carboxylic acids is 1. The molecule has 0 atom stereocenters. The third kappa shape index (κ3) is 6.04. The van der Waals surface area contributed by atoms with Gasteiger partial charge in [-0.05, 0) is 19.1 Å². The predicted octanol–water partition coefficient (Wildman–Crippen LogP) is 0.785. The second-order valence-electron chi connectivity index (χ2n) is 6.43. The van der Waals surface area contributed by atoms with Crippen molar-refractivity contribution in [2.24, 2.45) is 0 Å². The topological polar surface area (TPSA) is 130 Å². The van der Waals surface area contributed by atoms with E-state index >= 15 is 0 Å². The van der Waals surface area contributed by atoms with Crippen molar-refractivity contribution in [2.75, 3.05) is 7.05 Å². The van der Waals surface area contributed by atoms with Gasteiger partial charge in [0.25, 0.3) is 5.56 Å². The number of likely N-dealkylation sites (N-methyl/N-ethyl adjacent to an activating group) is 1. The highest BCUT2D eigenvalue weighted by molar-refractivity contribution is 5.75. The molecule has 0 aliphatic rings. The number of pyridine rings is 1. The SMILES string of the molecule is Cc1cn(CC(=O)N(C)Cc2cnc3ccccn23)c(=O)[nH]c1=O.O=C(O)C(F)(F)F. The van der Waals surface area contributed by atoms with E-state index in [1.807, 2.05) is 28.8 Å². The second-order valence-corrected chi connectivity index (χ2v) is 6.43. The molecule has 0 unspecified atom stereocenters. The van der Waals surface area contributed by atoms with Gasteiger partial charge in [-0.25, -0.2) is 14.6 Å². The number of nitrogens with zero attached hydrogens (tertiary/aromatic N) is 4. The van der Waals surface area contributed by atoms with Gasteiger partial charge in [0.05, 0.1) is 18.4 Å². The van der Waals surface area contributed by atoms with Crippen LogP contribution in [-0.4, -0.2) is 54.0 Å². The van der Waals surface area contributed by atoms with Crippen molar-refractivity contribution in [3.63, 3.8) is 0 Å². The Bertz CT molecular complexity index is 1210. The number of amides is 1. The standard InChI is InChI=1S/C16H17N5O3.C2HF3O2/c1-11-8-20(16(24)18-15(11)23)10-14(22)19(2)9-12-7-17-13-5-3-4-6-21(12)13;3-2(4,5)1(6)7/h3-8H,9-10H2,1-2H3,(H,18,23,24);(H,6,7). The highest BCUT2D eigenvalue weighted by atomic mass is 19.4. The fraction of sp³-hybridized carbons (Fsp3) is 0.278. The summed E-state index contributed by atoms with van der Waals surface area (Å²) >= 11 is 0. The fourth-order valence-corrected chi connectivity index (χ4v) is 2.44. The number of aromatic nitrogens is 4. The van der Waals surface area contributed by atoms with E-state index in [4.69, 9.17) is 9.90 Å². The van der Waals surface area contributed by atoms with Gasteiger partial charge in [0.2, 0.25) is 5.91 Å². The lowest BCUT2D eigenvalue weighted by molar-refractivity contribution is -0.192. The lowest BCUT2D eigenvalue weighted by atomic mass is 10.3. The molecule has 0 aromatic carbocycles. The molecule has 0 saturated carbocycles. The van der Waals surface area contributed by atoms with Gasteiger partial charge in [0.15, 0.2) is 0 Å². The Labute approximate surface area is 172 Å². The molecule has 0 aliphatic carbocycles. The molecule has 166 valence electrons. The lowest BCUT2D eigenvalue weighted by Gasteiger charge is -2.17. The molecule has 0 bridgehead atoms. The minimum atomic E-state index is -5.08. The van der Waals surface area contributed by atoms with Gasteiger partial charge in [-0.3, -0.25) is 19.1 Å². The number of rotatable bonds is 4. The molecule has 2 N–H and O–H groups in total. The molecule has 10 nitrogen and oxygen atoms in total. The van der Waals surface area contributed by atoms with Gasteiger partial charge in [0.1, 0.15) is 12.2 Å². The average Bonchev–Trinajstić information content (AvgIpc) is 3.08. The van der Waals surface area contributed by atoms with Crippen molar-refractivity contribution in [2.45, 2.75) is 26.2 Å². The highest BCUT2D eigenvalue weighted by Crippen LogP contribution is 2.13. The summed E-state index contributed by atoms with van der Waals surface area (Å²) in [5.74, 6) is -3.00. The van der Waals surface area contributed by atoms with Crippen LogP contribution >= 0.6 is 0 Å². The van der Waals surface area contributed by atoms with Crippen LogP contribution in [-0.2, 0) is 22.7 Å². The molecular formula is C18H18F3N5O5. The number of halogens is 3. The van der Waals surface area contributed by atoms with Crippen molar-refractivity contribution in [1.82, 2.24) is 23.8 Å².